The van der Waals surface area contributed by atoms with Gasteiger partial charge in [0.1, 0.15) is 18.9 Å². The van der Waals surface area contributed by atoms with Gasteiger partial charge in [0, 0.05) is 31.3 Å². The van der Waals surface area contributed by atoms with Crippen LogP contribution in [0, 0.1) is 34.5 Å². The highest BCUT2D eigenvalue weighted by atomic mass is 16.1. The number of nitrogens with zero attached hydrogens (tertiary/aromatic N) is 1. The molecule has 0 aromatic carbocycles. The van der Waals surface area contributed by atoms with Gasteiger partial charge >= 0.3 is 0 Å². The average molecular weight is 383 g/mol. The topological polar surface area (TPSA) is 20.1 Å². The molecule has 4 aliphatic carbocycles. The molecule has 5 rings (SSSR count). The fourth-order valence-electron chi connectivity index (χ4n) is 8.67. The molecule has 0 bridgehead atoms. The number of piperidine rings is 1. The predicted octanol–water partition coefficient (Wildman–Crippen LogP) is 5.79. The van der Waals surface area contributed by atoms with Crippen LogP contribution in [0.25, 0.3) is 0 Å². The van der Waals surface area contributed by atoms with E-state index in [2.05, 4.69) is 24.5 Å². The maximum Gasteiger partial charge on any atom is 0.175 e. The summed E-state index contributed by atoms with van der Waals surface area (Å²) in [5.74, 6) is 3.32. The monoisotopic (exact) mass is 382 g/mol. The van der Waals surface area contributed by atoms with E-state index in [-0.39, 0.29) is 0 Å². The van der Waals surface area contributed by atoms with Gasteiger partial charge in [0.15, 0.2) is 5.71 Å². The molecule has 1 aliphatic heterocycles. The van der Waals surface area contributed by atoms with Crippen molar-refractivity contribution >= 4 is 11.5 Å². The lowest BCUT2D eigenvalue weighted by atomic mass is 9.46. The summed E-state index contributed by atoms with van der Waals surface area (Å²) >= 11 is 0. The smallest absolute Gasteiger partial charge is 0.175 e. The third-order valence-corrected chi connectivity index (χ3v) is 10.2. The molecule has 6 atom stereocenters. The number of Topliss-reactive ketones (excluding diaryl/α,β-unsaturated/α-hetero) is 1. The number of ketones is 1. The zero-order valence-corrected chi connectivity index (χ0v) is 18.4. The highest BCUT2D eigenvalue weighted by Gasteiger charge is 2.59. The molecule has 0 unspecified atom stereocenters. The summed E-state index contributed by atoms with van der Waals surface area (Å²) < 4.78 is 2.70. The summed E-state index contributed by atoms with van der Waals surface area (Å²) in [5.41, 5.74) is 4.16. The van der Waals surface area contributed by atoms with Crippen LogP contribution in [0.15, 0.2) is 11.6 Å². The van der Waals surface area contributed by atoms with Crippen LogP contribution in [0.5, 0.6) is 0 Å². The van der Waals surface area contributed by atoms with Crippen LogP contribution in [0.1, 0.15) is 91.4 Å². The second kappa shape index (κ2) is 6.81. The van der Waals surface area contributed by atoms with Crippen LogP contribution in [0.3, 0.4) is 0 Å². The predicted molar refractivity (Wildman–Crippen MR) is 115 cm³/mol. The lowest BCUT2D eigenvalue weighted by Crippen LogP contribution is -2.51. The van der Waals surface area contributed by atoms with Gasteiger partial charge in [-0.3, -0.25) is 4.79 Å². The number of hydrogen-bond donors (Lipinski definition) is 0. The summed E-state index contributed by atoms with van der Waals surface area (Å²) in [6, 6.07) is 0. The molecule has 2 nitrogen and oxygen atoms in total. The van der Waals surface area contributed by atoms with Gasteiger partial charge in [-0.2, -0.15) is 0 Å². The number of hydrogen-bond acceptors (Lipinski definition) is 1. The molecular formula is C26H40NO+. The Balaban J connectivity index is 1.43. The van der Waals surface area contributed by atoms with Crippen LogP contribution < -0.4 is 0 Å². The van der Waals surface area contributed by atoms with Gasteiger partial charge < -0.3 is 0 Å². The summed E-state index contributed by atoms with van der Waals surface area (Å²) in [7, 11) is 0. The Kier molecular flexibility index (Phi) is 4.64. The second-order valence-corrected chi connectivity index (χ2v) is 11.3. The van der Waals surface area contributed by atoms with Crippen molar-refractivity contribution in [3.63, 3.8) is 0 Å². The van der Waals surface area contributed by atoms with Crippen molar-refractivity contribution < 1.29 is 9.37 Å². The molecule has 154 valence electrons. The third-order valence-electron chi connectivity index (χ3n) is 10.2. The minimum atomic E-state index is 0.296. The zero-order valence-electron chi connectivity index (χ0n) is 18.4. The van der Waals surface area contributed by atoms with E-state index in [1.165, 1.54) is 77.3 Å². The van der Waals surface area contributed by atoms with Gasteiger partial charge in [0.2, 0.25) is 0 Å². The number of carbonyl (C=O) groups is 1. The van der Waals surface area contributed by atoms with Gasteiger partial charge in [0.25, 0.3) is 0 Å². The van der Waals surface area contributed by atoms with E-state index in [0.29, 0.717) is 22.5 Å². The molecule has 2 heteroatoms. The average Bonchev–Trinajstić information content (AvgIpc) is 3.05. The lowest BCUT2D eigenvalue weighted by molar-refractivity contribution is -0.537. The Bertz CT molecular complexity index is 725. The molecule has 0 N–H and O–H groups in total. The minimum absolute atomic E-state index is 0.296. The number of allylic oxidation sites excluding steroid dienone is 2. The van der Waals surface area contributed by atoms with E-state index in [9.17, 15) is 4.79 Å². The molecule has 4 fully saturated rings. The Labute approximate surface area is 171 Å². The van der Waals surface area contributed by atoms with Gasteiger partial charge in [-0.05, 0) is 86.9 Å². The molecule has 0 spiro atoms. The zero-order chi connectivity index (χ0) is 19.5. The van der Waals surface area contributed by atoms with Crippen molar-refractivity contribution in [2.24, 2.45) is 34.5 Å². The molecule has 0 radical (unpaired) electrons. The Morgan fingerprint density at radius 1 is 0.964 bits per heavy atom. The highest BCUT2D eigenvalue weighted by Crippen LogP contribution is 2.66. The molecule has 0 aromatic rings. The standard InChI is InChI=1S/C26H40NO/c1-18(28)22-9-10-23-21-8-7-19-17-20(27-15-5-4-6-16-27)11-13-25(19,2)24(21)12-14-26(22,23)3/h17,21-24H,4-16H2,1-3H3/q+1/t21-,22+,23-,24-,25-,26+/m0/s1. The summed E-state index contributed by atoms with van der Waals surface area (Å²) in [4.78, 5) is 12.3. The van der Waals surface area contributed by atoms with Crippen LogP contribution in [-0.2, 0) is 4.79 Å². The third kappa shape index (κ3) is 2.72. The van der Waals surface area contributed by atoms with E-state index in [1.807, 2.05) is 6.92 Å². The molecule has 1 saturated heterocycles. The van der Waals surface area contributed by atoms with Crippen LogP contribution in [0.2, 0.25) is 0 Å². The fourth-order valence-corrected chi connectivity index (χ4v) is 8.67. The van der Waals surface area contributed by atoms with Gasteiger partial charge in [0.05, 0.1) is 0 Å². The molecule has 1 heterocycles. The van der Waals surface area contributed by atoms with E-state index in [1.54, 1.807) is 11.3 Å². The van der Waals surface area contributed by atoms with Crippen molar-refractivity contribution in [1.82, 2.24) is 0 Å². The molecule has 5 aliphatic rings. The largest absolute Gasteiger partial charge is 0.300 e. The number of fused-ring (bicyclic) bond motifs is 5. The normalized spacial score (nSPS) is 45.8. The Hall–Kier alpha value is -0.920. The maximum absolute atomic E-state index is 12.3. The number of rotatable bonds is 1. The quantitative estimate of drug-likeness (QED) is 0.525. The van der Waals surface area contributed by atoms with Crippen molar-refractivity contribution in [3.05, 3.63) is 11.6 Å². The Morgan fingerprint density at radius 2 is 1.75 bits per heavy atom. The summed E-state index contributed by atoms with van der Waals surface area (Å²) in [6.07, 6.45) is 17.3. The molecule has 0 amide bonds. The van der Waals surface area contributed by atoms with Crippen molar-refractivity contribution in [2.75, 3.05) is 13.1 Å². The first kappa shape index (κ1) is 19.1. The van der Waals surface area contributed by atoms with Crippen molar-refractivity contribution in [3.8, 4) is 0 Å². The lowest BCUT2D eigenvalue weighted by Gasteiger charge is -2.58. The maximum atomic E-state index is 12.3. The van der Waals surface area contributed by atoms with E-state index < -0.39 is 0 Å². The Morgan fingerprint density at radius 3 is 2.50 bits per heavy atom. The highest BCUT2D eigenvalue weighted by molar-refractivity contribution is 5.92. The van der Waals surface area contributed by atoms with Crippen molar-refractivity contribution in [1.29, 1.82) is 0 Å². The first-order valence-electron chi connectivity index (χ1n) is 12.3. The van der Waals surface area contributed by atoms with Crippen molar-refractivity contribution in [2.45, 2.75) is 91.4 Å². The molecule has 28 heavy (non-hydrogen) atoms. The molecular weight excluding hydrogens is 342 g/mol. The molecule has 0 aromatic heterocycles. The summed E-state index contributed by atoms with van der Waals surface area (Å²) in [6.45, 7) is 9.52. The van der Waals surface area contributed by atoms with Crippen LogP contribution >= 0.6 is 0 Å². The second-order valence-electron chi connectivity index (χ2n) is 11.3. The number of carbonyl (C=O) groups excluding carboxylic acids is 1. The van der Waals surface area contributed by atoms with Crippen LogP contribution in [0.4, 0.5) is 0 Å². The minimum Gasteiger partial charge on any atom is -0.300 e. The van der Waals surface area contributed by atoms with E-state index in [4.69, 9.17) is 0 Å². The fraction of sp³-hybridized carbons (Fsp3) is 0.846. The van der Waals surface area contributed by atoms with E-state index >= 15 is 0 Å². The SMILES string of the molecule is CC(=O)[C@H]1CC[C@H]2[C@@H]3CCC4=CC(=[N+]5CCCCC5)CC[C@]4(C)[C@H]3CC[C@]12C. The first-order valence-corrected chi connectivity index (χ1v) is 12.3. The first-order chi connectivity index (χ1) is 13.4. The molecule has 3 saturated carbocycles. The van der Waals surface area contributed by atoms with Gasteiger partial charge in [-0.15, -0.1) is 0 Å². The van der Waals surface area contributed by atoms with Crippen LogP contribution in [-0.4, -0.2) is 29.2 Å². The van der Waals surface area contributed by atoms with Gasteiger partial charge in [-0.25, -0.2) is 4.58 Å². The van der Waals surface area contributed by atoms with Gasteiger partial charge in [-0.1, -0.05) is 19.4 Å². The summed E-state index contributed by atoms with van der Waals surface area (Å²) in [5, 5.41) is 0. The van der Waals surface area contributed by atoms with E-state index in [0.717, 1.165) is 24.2 Å².